The number of benzene rings is 1. The van der Waals surface area contributed by atoms with Crippen molar-refractivity contribution in [1.29, 1.82) is 0 Å². The highest BCUT2D eigenvalue weighted by Crippen LogP contribution is 2.20. The molecule has 0 fully saturated rings. The van der Waals surface area contributed by atoms with Crippen molar-refractivity contribution in [3.05, 3.63) is 48.8 Å². The maximum atomic E-state index is 4.28. The summed E-state index contributed by atoms with van der Waals surface area (Å²) in [5.41, 5.74) is 2.28. The van der Waals surface area contributed by atoms with Crippen LogP contribution < -0.4 is 0 Å². The van der Waals surface area contributed by atoms with Gasteiger partial charge >= 0.3 is 0 Å². The largest absolute Gasteiger partial charge is 0.264 e. The second-order valence-corrected chi connectivity index (χ2v) is 3.31. The molecule has 2 rings (SSSR count). The summed E-state index contributed by atoms with van der Waals surface area (Å²) in [6.07, 6.45) is 3.62. The Kier molecular flexibility index (Phi) is 2.32. The molecular formula is C11H9NS. The summed E-state index contributed by atoms with van der Waals surface area (Å²) in [4.78, 5) is 5.04. The van der Waals surface area contributed by atoms with Crippen molar-refractivity contribution in [3.8, 4) is 11.1 Å². The molecule has 0 saturated heterocycles. The minimum Gasteiger partial charge on any atom is -0.264 e. The number of hydrogen-bond acceptors (Lipinski definition) is 2. The van der Waals surface area contributed by atoms with Gasteiger partial charge in [-0.3, -0.25) is 4.98 Å². The van der Waals surface area contributed by atoms with E-state index in [0.717, 1.165) is 16.0 Å². The molecule has 64 valence electrons. The molecule has 13 heavy (non-hydrogen) atoms. The van der Waals surface area contributed by atoms with E-state index in [1.807, 2.05) is 36.5 Å². The Hall–Kier alpha value is -1.28. The van der Waals surface area contributed by atoms with Gasteiger partial charge in [0.1, 0.15) is 0 Å². The molecule has 1 heterocycles. The highest BCUT2D eigenvalue weighted by molar-refractivity contribution is 7.80. The van der Waals surface area contributed by atoms with Crippen LogP contribution in [0.25, 0.3) is 11.1 Å². The Balaban J connectivity index is 2.48. The van der Waals surface area contributed by atoms with Gasteiger partial charge in [0, 0.05) is 22.9 Å². The van der Waals surface area contributed by atoms with Crippen LogP contribution in [0.5, 0.6) is 0 Å². The van der Waals surface area contributed by atoms with E-state index in [9.17, 15) is 0 Å². The van der Waals surface area contributed by atoms with Gasteiger partial charge in [0.2, 0.25) is 0 Å². The third-order valence-corrected chi connectivity index (χ3v) is 2.12. The zero-order chi connectivity index (χ0) is 9.10. The fraction of sp³-hybridized carbons (Fsp3) is 0. The van der Waals surface area contributed by atoms with Crippen molar-refractivity contribution >= 4 is 12.6 Å². The number of hydrogen-bond donors (Lipinski definition) is 1. The van der Waals surface area contributed by atoms with E-state index in [-0.39, 0.29) is 0 Å². The molecule has 0 aliphatic rings. The molecule has 0 N–H and O–H groups in total. The Labute approximate surface area is 82.9 Å². The quantitative estimate of drug-likeness (QED) is 0.677. The lowest BCUT2D eigenvalue weighted by molar-refractivity contribution is 1.32. The Morgan fingerprint density at radius 1 is 1.00 bits per heavy atom. The monoisotopic (exact) mass is 187 g/mol. The van der Waals surface area contributed by atoms with Crippen LogP contribution in [0.1, 0.15) is 0 Å². The van der Waals surface area contributed by atoms with Gasteiger partial charge in [0.05, 0.1) is 0 Å². The number of thiol groups is 1. The summed E-state index contributed by atoms with van der Waals surface area (Å²) < 4.78 is 0. The molecule has 0 aliphatic carbocycles. The molecule has 1 nitrogen and oxygen atoms in total. The maximum Gasteiger partial charge on any atom is 0.0346 e. The van der Waals surface area contributed by atoms with E-state index in [1.165, 1.54) is 0 Å². The lowest BCUT2D eigenvalue weighted by Gasteiger charge is -2.00. The van der Waals surface area contributed by atoms with Gasteiger partial charge in [-0.05, 0) is 23.8 Å². The fourth-order valence-corrected chi connectivity index (χ4v) is 1.44. The molecule has 0 saturated carbocycles. The molecular weight excluding hydrogens is 178 g/mol. The summed E-state index contributed by atoms with van der Waals surface area (Å²) in [5, 5.41) is 0. The minimum atomic E-state index is 0.973. The molecule has 0 amide bonds. The van der Waals surface area contributed by atoms with Gasteiger partial charge in [-0.1, -0.05) is 18.2 Å². The van der Waals surface area contributed by atoms with E-state index < -0.39 is 0 Å². The first-order chi connectivity index (χ1) is 6.36. The summed E-state index contributed by atoms with van der Waals surface area (Å²) in [7, 11) is 0. The first-order valence-electron chi connectivity index (χ1n) is 4.06. The Morgan fingerprint density at radius 3 is 2.54 bits per heavy atom. The molecule has 1 aromatic heterocycles. The Bertz CT molecular complexity index is 398. The van der Waals surface area contributed by atoms with Crippen molar-refractivity contribution in [2.75, 3.05) is 0 Å². The van der Waals surface area contributed by atoms with Crippen LogP contribution in [0.3, 0.4) is 0 Å². The van der Waals surface area contributed by atoms with Crippen molar-refractivity contribution in [1.82, 2.24) is 4.98 Å². The first-order valence-corrected chi connectivity index (χ1v) is 4.50. The van der Waals surface area contributed by atoms with Crippen LogP contribution in [-0.2, 0) is 0 Å². The van der Waals surface area contributed by atoms with Crippen LogP contribution in [0.4, 0.5) is 0 Å². The second kappa shape index (κ2) is 3.62. The molecule has 0 unspecified atom stereocenters. The summed E-state index contributed by atoms with van der Waals surface area (Å²) >= 11 is 4.28. The number of pyridine rings is 1. The zero-order valence-corrected chi connectivity index (χ0v) is 7.91. The van der Waals surface area contributed by atoms with Crippen molar-refractivity contribution < 1.29 is 0 Å². The Morgan fingerprint density at radius 2 is 1.85 bits per heavy atom. The van der Waals surface area contributed by atoms with Crippen LogP contribution in [-0.4, -0.2) is 4.98 Å². The molecule has 2 aromatic rings. The fourth-order valence-electron chi connectivity index (χ4n) is 1.22. The average Bonchev–Trinajstić information content (AvgIpc) is 2.19. The molecule has 0 bridgehead atoms. The van der Waals surface area contributed by atoms with Crippen molar-refractivity contribution in [3.63, 3.8) is 0 Å². The van der Waals surface area contributed by atoms with Crippen molar-refractivity contribution in [2.45, 2.75) is 4.90 Å². The lowest BCUT2D eigenvalue weighted by atomic mass is 10.1. The molecule has 2 heteroatoms. The smallest absolute Gasteiger partial charge is 0.0346 e. The van der Waals surface area contributed by atoms with E-state index >= 15 is 0 Å². The molecule has 1 aromatic carbocycles. The summed E-state index contributed by atoms with van der Waals surface area (Å²) in [5.74, 6) is 0. The molecule has 0 radical (unpaired) electrons. The first kappa shape index (κ1) is 8.32. The number of rotatable bonds is 1. The molecule has 0 spiro atoms. The summed E-state index contributed by atoms with van der Waals surface area (Å²) in [6, 6.07) is 12.0. The zero-order valence-electron chi connectivity index (χ0n) is 7.01. The molecule has 0 aliphatic heterocycles. The minimum absolute atomic E-state index is 0.973. The topological polar surface area (TPSA) is 12.9 Å². The predicted octanol–water partition coefficient (Wildman–Crippen LogP) is 3.04. The van der Waals surface area contributed by atoms with Crippen molar-refractivity contribution in [2.24, 2.45) is 0 Å². The van der Waals surface area contributed by atoms with Crippen LogP contribution in [0, 0.1) is 0 Å². The van der Waals surface area contributed by atoms with E-state index in [2.05, 4.69) is 23.7 Å². The highest BCUT2D eigenvalue weighted by atomic mass is 32.1. The van der Waals surface area contributed by atoms with Crippen LogP contribution >= 0.6 is 12.6 Å². The average molecular weight is 187 g/mol. The second-order valence-electron chi connectivity index (χ2n) is 2.79. The van der Waals surface area contributed by atoms with E-state index in [1.54, 1.807) is 6.20 Å². The SMILES string of the molecule is Sc1cccc(-c2cccnc2)c1. The van der Waals surface area contributed by atoms with Gasteiger partial charge in [0.25, 0.3) is 0 Å². The summed E-state index contributed by atoms with van der Waals surface area (Å²) in [6.45, 7) is 0. The van der Waals surface area contributed by atoms with Gasteiger partial charge < -0.3 is 0 Å². The number of aromatic nitrogens is 1. The van der Waals surface area contributed by atoms with Crippen LogP contribution in [0.2, 0.25) is 0 Å². The predicted molar refractivity (Wildman–Crippen MR) is 56.9 cm³/mol. The van der Waals surface area contributed by atoms with Gasteiger partial charge in [-0.15, -0.1) is 12.6 Å². The highest BCUT2D eigenvalue weighted by Gasteiger charge is 1.95. The standard InChI is InChI=1S/C11H9NS/c13-11-5-1-3-9(7-11)10-4-2-6-12-8-10/h1-8,13H. The third kappa shape index (κ3) is 1.90. The van der Waals surface area contributed by atoms with E-state index in [0.29, 0.717) is 0 Å². The van der Waals surface area contributed by atoms with Gasteiger partial charge in [-0.2, -0.15) is 0 Å². The van der Waals surface area contributed by atoms with Crippen LogP contribution in [0.15, 0.2) is 53.7 Å². The maximum absolute atomic E-state index is 4.28. The number of nitrogens with zero attached hydrogens (tertiary/aromatic N) is 1. The molecule has 0 atom stereocenters. The van der Waals surface area contributed by atoms with Gasteiger partial charge in [0.15, 0.2) is 0 Å². The van der Waals surface area contributed by atoms with Gasteiger partial charge in [-0.25, -0.2) is 0 Å². The van der Waals surface area contributed by atoms with E-state index in [4.69, 9.17) is 0 Å². The third-order valence-electron chi connectivity index (χ3n) is 1.84. The normalized spacial score (nSPS) is 9.92. The lowest BCUT2D eigenvalue weighted by Crippen LogP contribution is -1.78.